The molecule has 1 heterocycles. The number of hydrogen-bond acceptors (Lipinski definition) is 3. The molecule has 4 heteroatoms. The van der Waals surface area contributed by atoms with Crippen molar-refractivity contribution in [3.63, 3.8) is 0 Å². The van der Waals surface area contributed by atoms with Crippen LogP contribution in [0.15, 0.2) is 42.5 Å². The highest BCUT2D eigenvalue weighted by Gasteiger charge is 2.23. The number of benzene rings is 2. The molecule has 0 saturated heterocycles. The second-order valence-electron chi connectivity index (χ2n) is 6.58. The number of hydrogen-bond donors (Lipinski definition) is 0. The molecular formula is C22H24N2O2. The SMILES string of the molecule is CCOC(=O)c1nc(-c2ccc(C)cc2C)n(-c2ccc(C)cc2)c1C. The molecule has 0 saturated carbocycles. The summed E-state index contributed by atoms with van der Waals surface area (Å²) in [6.45, 7) is 10.2. The van der Waals surface area contributed by atoms with E-state index in [-0.39, 0.29) is 5.97 Å². The molecule has 0 atom stereocenters. The molecule has 0 unspecified atom stereocenters. The number of carbonyl (C=O) groups is 1. The van der Waals surface area contributed by atoms with Crippen LogP contribution in [0.25, 0.3) is 17.1 Å². The van der Waals surface area contributed by atoms with Gasteiger partial charge in [-0.2, -0.15) is 0 Å². The lowest BCUT2D eigenvalue weighted by atomic mass is 10.1. The molecule has 3 aromatic rings. The van der Waals surface area contributed by atoms with Crippen molar-refractivity contribution in [1.82, 2.24) is 9.55 Å². The van der Waals surface area contributed by atoms with Crippen molar-refractivity contribution in [2.75, 3.05) is 6.61 Å². The van der Waals surface area contributed by atoms with Gasteiger partial charge in [0.2, 0.25) is 0 Å². The van der Waals surface area contributed by atoms with Crippen LogP contribution >= 0.6 is 0 Å². The molecule has 26 heavy (non-hydrogen) atoms. The molecule has 0 amide bonds. The molecule has 2 aromatic carbocycles. The number of ether oxygens (including phenoxy) is 1. The minimum absolute atomic E-state index is 0.328. The van der Waals surface area contributed by atoms with E-state index >= 15 is 0 Å². The van der Waals surface area contributed by atoms with E-state index in [0.717, 1.165) is 28.3 Å². The van der Waals surface area contributed by atoms with E-state index in [0.29, 0.717) is 12.3 Å². The van der Waals surface area contributed by atoms with Crippen LogP contribution in [-0.2, 0) is 4.74 Å². The average molecular weight is 348 g/mol. The van der Waals surface area contributed by atoms with Gasteiger partial charge >= 0.3 is 5.97 Å². The monoisotopic (exact) mass is 348 g/mol. The normalized spacial score (nSPS) is 10.8. The van der Waals surface area contributed by atoms with Gasteiger partial charge in [-0.25, -0.2) is 9.78 Å². The number of nitrogens with zero attached hydrogens (tertiary/aromatic N) is 2. The molecule has 0 aliphatic heterocycles. The van der Waals surface area contributed by atoms with E-state index < -0.39 is 0 Å². The van der Waals surface area contributed by atoms with E-state index in [4.69, 9.17) is 4.74 Å². The third-order valence-electron chi connectivity index (χ3n) is 4.49. The summed E-state index contributed by atoms with van der Waals surface area (Å²) in [5, 5.41) is 0. The minimum Gasteiger partial charge on any atom is -0.461 e. The lowest BCUT2D eigenvalue weighted by molar-refractivity contribution is 0.0519. The quantitative estimate of drug-likeness (QED) is 0.627. The zero-order valence-corrected chi connectivity index (χ0v) is 16.0. The minimum atomic E-state index is -0.387. The highest BCUT2D eigenvalue weighted by atomic mass is 16.5. The zero-order valence-electron chi connectivity index (χ0n) is 16.0. The van der Waals surface area contributed by atoms with Crippen molar-refractivity contribution in [3.8, 4) is 17.1 Å². The van der Waals surface area contributed by atoms with Crippen LogP contribution < -0.4 is 0 Å². The first-order valence-electron chi connectivity index (χ1n) is 8.83. The van der Waals surface area contributed by atoms with Gasteiger partial charge in [0.25, 0.3) is 0 Å². The standard InChI is InChI=1S/C22H24N2O2/c1-6-26-22(25)20-17(5)24(18-10-7-14(2)8-11-18)21(23-20)19-12-9-15(3)13-16(19)4/h7-13H,6H2,1-5H3. The van der Waals surface area contributed by atoms with Gasteiger partial charge in [0, 0.05) is 11.3 Å². The Bertz CT molecular complexity index is 953. The number of imidazole rings is 1. The summed E-state index contributed by atoms with van der Waals surface area (Å²) in [4.78, 5) is 17.1. The van der Waals surface area contributed by atoms with E-state index in [2.05, 4.69) is 56.1 Å². The van der Waals surface area contributed by atoms with Crippen LogP contribution in [0.1, 0.15) is 39.8 Å². The zero-order chi connectivity index (χ0) is 18.8. The Hall–Kier alpha value is -2.88. The van der Waals surface area contributed by atoms with Crippen molar-refractivity contribution in [2.45, 2.75) is 34.6 Å². The smallest absolute Gasteiger partial charge is 0.358 e. The number of carbonyl (C=O) groups excluding carboxylic acids is 1. The Labute approximate surface area is 154 Å². The molecular weight excluding hydrogens is 324 g/mol. The van der Waals surface area contributed by atoms with Crippen LogP contribution in [0.5, 0.6) is 0 Å². The molecule has 4 nitrogen and oxygen atoms in total. The second kappa shape index (κ2) is 7.16. The largest absolute Gasteiger partial charge is 0.461 e. The van der Waals surface area contributed by atoms with E-state index in [1.807, 2.05) is 23.6 Å². The number of aryl methyl sites for hydroxylation is 3. The maximum atomic E-state index is 12.4. The van der Waals surface area contributed by atoms with Gasteiger partial charge in [0.15, 0.2) is 5.69 Å². The fourth-order valence-corrected chi connectivity index (χ4v) is 3.15. The second-order valence-corrected chi connectivity index (χ2v) is 6.58. The molecule has 0 spiro atoms. The highest BCUT2D eigenvalue weighted by Crippen LogP contribution is 2.29. The van der Waals surface area contributed by atoms with Crippen molar-refractivity contribution in [1.29, 1.82) is 0 Å². The lowest BCUT2D eigenvalue weighted by Gasteiger charge is -2.13. The summed E-state index contributed by atoms with van der Waals surface area (Å²) < 4.78 is 7.23. The predicted molar refractivity (Wildman–Crippen MR) is 104 cm³/mol. The fraction of sp³-hybridized carbons (Fsp3) is 0.273. The summed E-state index contributed by atoms with van der Waals surface area (Å²) in [5.74, 6) is 0.369. The fourth-order valence-electron chi connectivity index (χ4n) is 3.15. The van der Waals surface area contributed by atoms with Crippen LogP contribution in [-0.4, -0.2) is 22.1 Å². The number of rotatable bonds is 4. The molecule has 134 valence electrons. The van der Waals surface area contributed by atoms with Crippen LogP contribution in [0.2, 0.25) is 0 Å². The van der Waals surface area contributed by atoms with Gasteiger partial charge in [-0.15, -0.1) is 0 Å². The Morgan fingerprint density at radius 3 is 2.27 bits per heavy atom. The van der Waals surface area contributed by atoms with Gasteiger partial charge in [-0.05, 0) is 52.3 Å². The predicted octanol–water partition coefficient (Wildman–Crippen LogP) is 4.95. The van der Waals surface area contributed by atoms with E-state index in [1.54, 1.807) is 6.92 Å². The Morgan fingerprint density at radius 2 is 1.65 bits per heavy atom. The van der Waals surface area contributed by atoms with Crippen molar-refractivity contribution >= 4 is 5.97 Å². The third-order valence-corrected chi connectivity index (χ3v) is 4.49. The molecule has 1 aromatic heterocycles. The van der Waals surface area contributed by atoms with Crippen molar-refractivity contribution in [3.05, 3.63) is 70.5 Å². The van der Waals surface area contributed by atoms with Gasteiger partial charge in [-0.3, -0.25) is 4.57 Å². The number of aromatic nitrogens is 2. The van der Waals surface area contributed by atoms with Gasteiger partial charge < -0.3 is 4.74 Å². The lowest BCUT2D eigenvalue weighted by Crippen LogP contribution is -2.07. The maximum absolute atomic E-state index is 12.4. The van der Waals surface area contributed by atoms with Gasteiger partial charge in [0.1, 0.15) is 5.82 Å². The molecule has 0 radical (unpaired) electrons. The van der Waals surface area contributed by atoms with E-state index in [9.17, 15) is 4.79 Å². The van der Waals surface area contributed by atoms with Gasteiger partial charge in [-0.1, -0.05) is 41.5 Å². The first-order valence-corrected chi connectivity index (χ1v) is 8.83. The third kappa shape index (κ3) is 3.27. The van der Waals surface area contributed by atoms with Crippen molar-refractivity contribution in [2.24, 2.45) is 0 Å². The van der Waals surface area contributed by atoms with Crippen molar-refractivity contribution < 1.29 is 9.53 Å². The topological polar surface area (TPSA) is 44.1 Å². The Balaban J connectivity index is 2.26. The summed E-state index contributed by atoms with van der Waals surface area (Å²) in [5.41, 5.74) is 6.64. The Morgan fingerprint density at radius 1 is 1.00 bits per heavy atom. The number of esters is 1. The first kappa shape index (κ1) is 17.9. The molecule has 0 aliphatic rings. The molecule has 3 rings (SSSR count). The first-order chi connectivity index (χ1) is 12.4. The Kier molecular flexibility index (Phi) is 4.94. The molecule has 0 aliphatic carbocycles. The van der Waals surface area contributed by atoms with Crippen LogP contribution in [0.3, 0.4) is 0 Å². The summed E-state index contributed by atoms with van der Waals surface area (Å²) >= 11 is 0. The van der Waals surface area contributed by atoms with Crippen LogP contribution in [0.4, 0.5) is 0 Å². The van der Waals surface area contributed by atoms with E-state index in [1.165, 1.54) is 11.1 Å². The summed E-state index contributed by atoms with van der Waals surface area (Å²) in [6, 6.07) is 14.5. The highest BCUT2D eigenvalue weighted by molar-refractivity contribution is 5.90. The molecule has 0 N–H and O–H groups in total. The van der Waals surface area contributed by atoms with Gasteiger partial charge in [0.05, 0.1) is 12.3 Å². The average Bonchev–Trinajstić information content (AvgIpc) is 2.93. The summed E-state index contributed by atoms with van der Waals surface area (Å²) in [6.07, 6.45) is 0. The maximum Gasteiger partial charge on any atom is 0.358 e. The summed E-state index contributed by atoms with van der Waals surface area (Å²) in [7, 11) is 0. The molecule has 0 fully saturated rings. The molecule has 0 bridgehead atoms. The van der Waals surface area contributed by atoms with Crippen LogP contribution in [0, 0.1) is 27.7 Å².